The molecule has 19 heavy (non-hydrogen) atoms. The Balaban J connectivity index is 2.79. The van der Waals surface area contributed by atoms with Crippen LogP contribution in [0.3, 0.4) is 0 Å². The van der Waals surface area contributed by atoms with E-state index in [-0.39, 0.29) is 5.54 Å². The molecule has 1 aromatic rings. The van der Waals surface area contributed by atoms with Gasteiger partial charge >= 0.3 is 0 Å². The molecule has 0 saturated carbocycles. The minimum atomic E-state index is 0.144. The quantitative estimate of drug-likeness (QED) is 0.787. The largest absolute Gasteiger partial charge is 0.370 e. The number of aryl methyl sites for hydroxylation is 1. The van der Waals surface area contributed by atoms with E-state index in [1.807, 2.05) is 0 Å². The molecule has 0 amide bonds. The molecule has 0 saturated heterocycles. The van der Waals surface area contributed by atoms with Crippen LogP contribution >= 0.6 is 0 Å². The zero-order valence-corrected chi connectivity index (χ0v) is 13.1. The standard InChI is InChI=1S/C16H29N3/c1-6-8-14-10-13(12-18-16(3,4)5)11-15(19-14)17-9-7-2/h10-11,18H,6-9,12H2,1-5H3,(H,17,19). The second kappa shape index (κ2) is 7.49. The van der Waals surface area contributed by atoms with E-state index >= 15 is 0 Å². The summed E-state index contributed by atoms with van der Waals surface area (Å²) in [5.41, 5.74) is 2.65. The van der Waals surface area contributed by atoms with E-state index in [4.69, 9.17) is 0 Å². The van der Waals surface area contributed by atoms with Gasteiger partial charge in [-0.05, 0) is 51.3 Å². The molecule has 0 radical (unpaired) electrons. The van der Waals surface area contributed by atoms with Crippen molar-refractivity contribution < 1.29 is 0 Å². The molecule has 0 aliphatic rings. The first-order valence-corrected chi connectivity index (χ1v) is 7.43. The summed E-state index contributed by atoms with van der Waals surface area (Å²) in [5.74, 6) is 1.01. The van der Waals surface area contributed by atoms with Crippen LogP contribution in [0.1, 0.15) is 58.7 Å². The maximum absolute atomic E-state index is 4.67. The number of nitrogens with zero attached hydrogens (tertiary/aromatic N) is 1. The van der Waals surface area contributed by atoms with Crippen molar-refractivity contribution in [2.24, 2.45) is 0 Å². The Bertz CT molecular complexity index is 380. The number of rotatable bonds is 7. The molecule has 2 N–H and O–H groups in total. The number of hydrogen-bond donors (Lipinski definition) is 2. The Morgan fingerprint density at radius 2 is 1.84 bits per heavy atom. The second-order valence-corrected chi connectivity index (χ2v) is 6.13. The summed E-state index contributed by atoms with van der Waals surface area (Å²) in [7, 11) is 0. The molecule has 0 aliphatic carbocycles. The molecule has 3 heteroatoms. The molecule has 108 valence electrons. The van der Waals surface area contributed by atoms with Crippen molar-refractivity contribution in [2.75, 3.05) is 11.9 Å². The van der Waals surface area contributed by atoms with Gasteiger partial charge in [-0.3, -0.25) is 0 Å². The average molecular weight is 263 g/mol. The van der Waals surface area contributed by atoms with Crippen LogP contribution in [0.2, 0.25) is 0 Å². The first kappa shape index (κ1) is 16.0. The van der Waals surface area contributed by atoms with Gasteiger partial charge in [-0.1, -0.05) is 20.3 Å². The molecule has 0 unspecified atom stereocenters. The Labute approximate surface area is 118 Å². The van der Waals surface area contributed by atoms with Crippen molar-refractivity contribution >= 4 is 5.82 Å². The smallest absolute Gasteiger partial charge is 0.126 e. The van der Waals surface area contributed by atoms with E-state index in [9.17, 15) is 0 Å². The molecule has 1 rings (SSSR count). The predicted octanol–water partition coefficient (Wildman–Crippen LogP) is 3.74. The molecule has 0 aromatic carbocycles. The molecule has 3 nitrogen and oxygen atoms in total. The summed E-state index contributed by atoms with van der Waals surface area (Å²) >= 11 is 0. The molecule has 0 spiro atoms. The van der Waals surface area contributed by atoms with Crippen molar-refractivity contribution in [3.63, 3.8) is 0 Å². The molecular weight excluding hydrogens is 234 g/mol. The van der Waals surface area contributed by atoms with E-state index in [0.717, 1.165) is 38.2 Å². The third-order valence-electron chi connectivity index (χ3n) is 2.82. The van der Waals surface area contributed by atoms with Crippen molar-refractivity contribution in [1.82, 2.24) is 10.3 Å². The maximum Gasteiger partial charge on any atom is 0.126 e. The lowest BCUT2D eigenvalue weighted by molar-refractivity contribution is 0.424. The van der Waals surface area contributed by atoms with Crippen LogP contribution in [0.5, 0.6) is 0 Å². The van der Waals surface area contributed by atoms with Gasteiger partial charge < -0.3 is 10.6 Å². The first-order valence-electron chi connectivity index (χ1n) is 7.43. The van der Waals surface area contributed by atoms with Gasteiger partial charge in [-0.15, -0.1) is 0 Å². The fourth-order valence-electron chi connectivity index (χ4n) is 1.85. The normalized spacial score (nSPS) is 11.6. The molecule has 1 heterocycles. The van der Waals surface area contributed by atoms with Crippen molar-refractivity contribution in [1.29, 1.82) is 0 Å². The Morgan fingerprint density at radius 3 is 2.42 bits per heavy atom. The number of aromatic nitrogens is 1. The van der Waals surface area contributed by atoms with Crippen LogP contribution < -0.4 is 10.6 Å². The lowest BCUT2D eigenvalue weighted by atomic mass is 10.1. The summed E-state index contributed by atoms with van der Waals surface area (Å²) < 4.78 is 0. The van der Waals surface area contributed by atoms with Gasteiger partial charge in [0.2, 0.25) is 0 Å². The van der Waals surface area contributed by atoms with Crippen LogP contribution in [-0.4, -0.2) is 17.1 Å². The monoisotopic (exact) mass is 263 g/mol. The van der Waals surface area contributed by atoms with E-state index in [1.165, 1.54) is 11.3 Å². The molecule has 0 fully saturated rings. The Kier molecular flexibility index (Phi) is 6.29. The highest BCUT2D eigenvalue weighted by molar-refractivity contribution is 5.39. The highest BCUT2D eigenvalue weighted by Crippen LogP contribution is 2.13. The van der Waals surface area contributed by atoms with Crippen molar-refractivity contribution in [3.05, 3.63) is 23.4 Å². The number of anilines is 1. The van der Waals surface area contributed by atoms with Gasteiger partial charge in [0.1, 0.15) is 5.82 Å². The number of nitrogens with one attached hydrogen (secondary N) is 2. The van der Waals surface area contributed by atoms with Gasteiger partial charge in [0, 0.05) is 24.3 Å². The van der Waals surface area contributed by atoms with E-state index in [0.29, 0.717) is 0 Å². The first-order chi connectivity index (χ1) is 8.94. The minimum Gasteiger partial charge on any atom is -0.370 e. The van der Waals surface area contributed by atoms with E-state index in [2.05, 4.69) is 62.4 Å². The zero-order valence-electron chi connectivity index (χ0n) is 13.1. The summed E-state index contributed by atoms with van der Waals surface area (Å²) in [4.78, 5) is 4.67. The third-order valence-corrected chi connectivity index (χ3v) is 2.82. The second-order valence-electron chi connectivity index (χ2n) is 6.13. The fraction of sp³-hybridized carbons (Fsp3) is 0.688. The number of pyridine rings is 1. The van der Waals surface area contributed by atoms with Gasteiger partial charge in [0.25, 0.3) is 0 Å². The molecule has 0 bridgehead atoms. The Morgan fingerprint density at radius 1 is 1.11 bits per heavy atom. The molecule has 0 atom stereocenters. The van der Waals surface area contributed by atoms with Crippen LogP contribution in [0.15, 0.2) is 12.1 Å². The number of hydrogen-bond acceptors (Lipinski definition) is 3. The molecular formula is C16H29N3. The summed E-state index contributed by atoms with van der Waals surface area (Å²) in [6, 6.07) is 4.38. The van der Waals surface area contributed by atoms with Gasteiger partial charge in [-0.25, -0.2) is 4.98 Å². The van der Waals surface area contributed by atoms with Crippen LogP contribution in [0.4, 0.5) is 5.82 Å². The average Bonchev–Trinajstić information content (AvgIpc) is 2.33. The molecule has 0 aliphatic heterocycles. The summed E-state index contributed by atoms with van der Waals surface area (Å²) in [6.07, 6.45) is 3.30. The van der Waals surface area contributed by atoms with Crippen molar-refractivity contribution in [3.8, 4) is 0 Å². The van der Waals surface area contributed by atoms with Crippen LogP contribution in [0.25, 0.3) is 0 Å². The topological polar surface area (TPSA) is 37.0 Å². The predicted molar refractivity (Wildman–Crippen MR) is 83.6 cm³/mol. The highest BCUT2D eigenvalue weighted by atomic mass is 15.0. The lowest BCUT2D eigenvalue weighted by Gasteiger charge is -2.21. The van der Waals surface area contributed by atoms with Crippen LogP contribution in [-0.2, 0) is 13.0 Å². The Hall–Kier alpha value is -1.09. The van der Waals surface area contributed by atoms with Gasteiger partial charge in [0.15, 0.2) is 0 Å². The third kappa shape index (κ3) is 6.58. The van der Waals surface area contributed by atoms with E-state index < -0.39 is 0 Å². The van der Waals surface area contributed by atoms with Gasteiger partial charge in [0.05, 0.1) is 0 Å². The maximum atomic E-state index is 4.67. The SMILES string of the molecule is CCCNc1cc(CNC(C)(C)C)cc(CCC)n1. The fourth-order valence-corrected chi connectivity index (χ4v) is 1.85. The highest BCUT2D eigenvalue weighted by Gasteiger charge is 2.09. The van der Waals surface area contributed by atoms with Crippen LogP contribution in [0, 0.1) is 0 Å². The lowest BCUT2D eigenvalue weighted by Crippen LogP contribution is -2.35. The van der Waals surface area contributed by atoms with Gasteiger partial charge in [-0.2, -0.15) is 0 Å². The van der Waals surface area contributed by atoms with Crippen molar-refractivity contribution in [2.45, 2.75) is 66.0 Å². The molecule has 1 aromatic heterocycles. The minimum absolute atomic E-state index is 0.144. The van der Waals surface area contributed by atoms with E-state index in [1.54, 1.807) is 0 Å². The summed E-state index contributed by atoms with van der Waals surface area (Å²) in [6.45, 7) is 12.8. The zero-order chi connectivity index (χ0) is 14.3. The summed E-state index contributed by atoms with van der Waals surface area (Å²) in [5, 5.41) is 6.93.